The molecule has 0 aromatic rings. The maximum absolute atomic E-state index is 8.88. The molecule has 0 fully saturated rings. The monoisotopic (exact) mass is 282 g/mol. The van der Waals surface area contributed by atoms with Crippen LogP contribution in [0.15, 0.2) is 0 Å². The van der Waals surface area contributed by atoms with Crippen molar-refractivity contribution in [3.8, 4) is 0 Å². The van der Waals surface area contributed by atoms with Crippen molar-refractivity contribution in [3.63, 3.8) is 0 Å². The van der Waals surface area contributed by atoms with Gasteiger partial charge in [-0.1, -0.05) is 0 Å². The van der Waals surface area contributed by atoms with Gasteiger partial charge in [0, 0.05) is 6.61 Å². The van der Waals surface area contributed by atoms with Crippen LogP contribution in [-0.4, -0.2) is 82.6 Å². The summed E-state index contributed by atoms with van der Waals surface area (Å²) < 4.78 is 25.8. The van der Waals surface area contributed by atoms with E-state index in [0.29, 0.717) is 52.9 Å². The van der Waals surface area contributed by atoms with Crippen molar-refractivity contribution >= 4 is 0 Å². The zero-order valence-electron chi connectivity index (χ0n) is 11.6. The lowest BCUT2D eigenvalue weighted by Gasteiger charge is -2.15. The molecule has 0 aliphatic heterocycles. The fraction of sp³-hybridized carbons (Fsp3) is 1.00. The third-order valence-corrected chi connectivity index (χ3v) is 2.01. The molecule has 0 saturated heterocycles. The standard InChI is InChI=1S/C12H26O7/c1-2-18-12(11-14)19-10-9-17-8-7-16-6-5-15-4-3-13/h12-14H,2-11H2,1H3. The molecule has 0 aliphatic rings. The largest absolute Gasteiger partial charge is 0.394 e. The van der Waals surface area contributed by atoms with Crippen LogP contribution in [0, 0.1) is 0 Å². The van der Waals surface area contributed by atoms with Crippen LogP contribution in [0.1, 0.15) is 6.92 Å². The summed E-state index contributed by atoms with van der Waals surface area (Å²) >= 11 is 0. The number of rotatable bonds is 15. The SMILES string of the molecule is CCOC(CO)OCCOCCOCCOCCO. The molecule has 0 aliphatic carbocycles. The first-order valence-corrected chi connectivity index (χ1v) is 6.53. The fourth-order valence-corrected chi connectivity index (χ4v) is 1.18. The first-order chi connectivity index (χ1) is 9.35. The molecule has 7 heteroatoms. The zero-order valence-corrected chi connectivity index (χ0v) is 11.6. The molecular weight excluding hydrogens is 256 g/mol. The van der Waals surface area contributed by atoms with Crippen LogP contribution >= 0.6 is 0 Å². The van der Waals surface area contributed by atoms with E-state index in [1.54, 1.807) is 0 Å². The topological polar surface area (TPSA) is 86.6 Å². The second-order valence-corrected chi connectivity index (χ2v) is 3.50. The number of hydrogen-bond donors (Lipinski definition) is 2. The third kappa shape index (κ3) is 13.9. The molecule has 1 unspecified atom stereocenters. The molecule has 0 amide bonds. The van der Waals surface area contributed by atoms with E-state index in [4.69, 9.17) is 33.9 Å². The summed E-state index contributed by atoms with van der Waals surface area (Å²) in [7, 11) is 0. The summed E-state index contributed by atoms with van der Waals surface area (Å²) in [5.74, 6) is 0. The van der Waals surface area contributed by atoms with E-state index in [1.807, 2.05) is 6.92 Å². The number of aliphatic hydroxyl groups is 2. The van der Waals surface area contributed by atoms with Crippen molar-refractivity contribution in [1.82, 2.24) is 0 Å². The molecule has 116 valence electrons. The van der Waals surface area contributed by atoms with E-state index in [0.717, 1.165) is 0 Å². The van der Waals surface area contributed by atoms with E-state index in [-0.39, 0.29) is 13.2 Å². The number of ether oxygens (including phenoxy) is 5. The van der Waals surface area contributed by atoms with Gasteiger partial charge in [0.25, 0.3) is 0 Å². The van der Waals surface area contributed by atoms with Gasteiger partial charge >= 0.3 is 0 Å². The highest BCUT2D eigenvalue weighted by molar-refractivity contribution is 4.40. The Morgan fingerprint density at radius 1 is 0.737 bits per heavy atom. The summed E-state index contributed by atoms with van der Waals surface area (Å²) in [4.78, 5) is 0. The van der Waals surface area contributed by atoms with Gasteiger partial charge in [0.1, 0.15) is 0 Å². The molecule has 0 spiro atoms. The van der Waals surface area contributed by atoms with Crippen molar-refractivity contribution in [1.29, 1.82) is 0 Å². The van der Waals surface area contributed by atoms with Gasteiger partial charge < -0.3 is 33.9 Å². The van der Waals surface area contributed by atoms with E-state index < -0.39 is 6.29 Å². The zero-order chi connectivity index (χ0) is 14.2. The van der Waals surface area contributed by atoms with Crippen LogP contribution < -0.4 is 0 Å². The second kappa shape index (κ2) is 15.8. The van der Waals surface area contributed by atoms with Crippen LogP contribution in [0.4, 0.5) is 0 Å². The van der Waals surface area contributed by atoms with Gasteiger partial charge in [0.05, 0.1) is 59.5 Å². The minimum absolute atomic E-state index is 0.0275. The van der Waals surface area contributed by atoms with Crippen molar-refractivity contribution in [2.45, 2.75) is 13.2 Å². The third-order valence-electron chi connectivity index (χ3n) is 2.01. The Kier molecular flexibility index (Phi) is 15.5. The summed E-state index contributed by atoms with van der Waals surface area (Å²) in [6, 6.07) is 0. The lowest BCUT2D eigenvalue weighted by Crippen LogP contribution is -2.23. The van der Waals surface area contributed by atoms with E-state index in [9.17, 15) is 0 Å². The van der Waals surface area contributed by atoms with Gasteiger partial charge in [0.15, 0.2) is 6.29 Å². The number of hydrogen-bond acceptors (Lipinski definition) is 7. The molecule has 0 bridgehead atoms. The van der Waals surface area contributed by atoms with Gasteiger partial charge in [-0.25, -0.2) is 0 Å². The van der Waals surface area contributed by atoms with Crippen molar-refractivity contribution in [2.24, 2.45) is 0 Å². The number of aliphatic hydroxyl groups excluding tert-OH is 2. The molecule has 0 aromatic carbocycles. The van der Waals surface area contributed by atoms with E-state index in [2.05, 4.69) is 0 Å². The molecular formula is C12H26O7. The van der Waals surface area contributed by atoms with Crippen molar-refractivity contribution in [2.75, 3.05) is 66.1 Å². The van der Waals surface area contributed by atoms with Gasteiger partial charge in [-0.15, -0.1) is 0 Å². The van der Waals surface area contributed by atoms with Gasteiger partial charge in [-0.05, 0) is 6.92 Å². The van der Waals surface area contributed by atoms with Crippen molar-refractivity contribution < 1.29 is 33.9 Å². The second-order valence-electron chi connectivity index (χ2n) is 3.50. The Morgan fingerprint density at radius 2 is 1.26 bits per heavy atom. The average molecular weight is 282 g/mol. The molecule has 7 nitrogen and oxygen atoms in total. The van der Waals surface area contributed by atoms with Crippen LogP contribution in [0.5, 0.6) is 0 Å². The minimum Gasteiger partial charge on any atom is -0.394 e. The van der Waals surface area contributed by atoms with Gasteiger partial charge in [-0.3, -0.25) is 0 Å². The average Bonchev–Trinajstić information content (AvgIpc) is 2.43. The highest BCUT2D eigenvalue weighted by Gasteiger charge is 2.05. The fourth-order valence-electron chi connectivity index (χ4n) is 1.18. The predicted octanol–water partition coefficient (Wildman–Crippen LogP) is -0.600. The van der Waals surface area contributed by atoms with Crippen LogP contribution in [0.25, 0.3) is 0 Å². The molecule has 19 heavy (non-hydrogen) atoms. The normalized spacial score (nSPS) is 12.8. The van der Waals surface area contributed by atoms with Gasteiger partial charge in [-0.2, -0.15) is 0 Å². The maximum Gasteiger partial charge on any atom is 0.180 e. The van der Waals surface area contributed by atoms with E-state index >= 15 is 0 Å². The molecule has 0 aromatic heterocycles. The molecule has 0 rings (SSSR count). The quantitative estimate of drug-likeness (QED) is 0.306. The Morgan fingerprint density at radius 3 is 1.74 bits per heavy atom. The lowest BCUT2D eigenvalue weighted by atomic mass is 10.6. The molecule has 0 radical (unpaired) electrons. The molecule has 0 heterocycles. The predicted molar refractivity (Wildman–Crippen MR) is 68.0 cm³/mol. The summed E-state index contributed by atoms with van der Waals surface area (Å²) in [5.41, 5.74) is 0. The Bertz CT molecular complexity index is 168. The minimum atomic E-state index is -0.575. The van der Waals surface area contributed by atoms with Crippen LogP contribution in [0.2, 0.25) is 0 Å². The summed E-state index contributed by atoms with van der Waals surface area (Å²) in [6.07, 6.45) is -0.575. The Balaban J connectivity index is 3.09. The van der Waals surface area contributed by atoms with Crippen LogP contribution in [0.3, 0.4) is 0 Å². The highest BCUT2D eigenvalue weighted by atomic mass is 16.7. The molecule has 1 atom stereocenters. The summed E-state index contributed by atoms with van der Waals surface area (Å²) in [5, 5.41) is 17.3. The Hall–Kier alpha value is -0.280. The van der Waals surface area contributed by atoms with Crippen LogP contribution in [-0.2, 0) is 23.7 Å². The summed E-state index contributed by atoms with van der Waals surface area (Å²) in [6.45, 7) is 5.24. The smallest absolute Gasteiger partial charge is 0.180 e. The van der Waals surface area contributed by atoms with Gasteiger partial charge in [0.2, 0.25) is 0 Å². The molecule has 0 saturated carbocycles. The Labute approximate surface area is 114 Å². The first-order valence-electron chi connectivity index (χ1n) is 6.53. The molecule has 2 N–H and O–H groups in total. The van der Waals surface area contributed by atoms with Crippen molar-refractivity contribution in [3.05, 3.63) is 0 Å². The maximum atomic E-state index is 8.88. The first kappa shape index (κ1) is 18.7. The van der Waals surface area contributed by atoms with E-state index in [1.165, 1.54) is 0 Å². The lowest BCUT2D eigenvalue weighted by molar-refractivity contribution is -0.167. The highest BCUT2D eigenvalue weighted by Crippen LogP contribution is 1.93.